The first-order chi connectivity index (χ1) is 8.61. The highest BCUT2D eigenvalue weighted by Crippen LogP contribution is 2.12. The summed E-state index contributed by atoms with van der Waals surface area (Å²) < 4.78 is 1.46. The van der Waals surface area contributed by atoms with Gasteiger partial charge in [0, 0.05) is 44.0 Å². The van der Waals surface area contributed by atoms with Crippen LogP contribution in [0.25, 0.3) is 0 Å². The molecule has 1 atom stereocenters. The van der Waals surface area contributed by atoms with E-state index >= 15 is 0 Å². The predicted octanol–water partition coefficient (Wildman–Crippen LogP) is 0.209. The Morgan fingerprint density at radius 1 is 1.50 bits per heavy atom. The number of carbonyl (C=O) groups excluding carboxylic acids is 1. The zero-order valence-corrected chi connectivity index (χ0v) is 10.8. The summed E-state index contributed by atoms with van der Waals surface area (Å²) in [4.78, 5) is 25.6. The molecule has 0 spiro atoms. The van der Waals surface area contributed by atoms with Crippen LogP contribution in [0.15, 0.2) is 23.1 Å². The molecule has 5 nitrogen and oxygen atoms in total. The van der Waals surface area contributed by atoms with Gasteiger partial charge in [0.1, 0.15) is 0 Å². The van der Waals surface area contributed by atoms with Gasteiger partial charge in [0.05, 0.1) is 0 Å². The highest BCUT2D eigenvalue weighted by molar-refractivity contribution is 5.94. The fourth-order valence-corrected chi connectivity index (χ4v) is 2.26. The summed E-state index contributed by atoms with van der Waals surface area (Å²) in [7, 11) is 3.59. The van der Waals surface area contributed by atoms with Crippen LogP contribution in [0, 0.1) is 0 Å². The number of likely N-dealkylation sites (tertiary alicyclic amines) is 1. The third kappa shape index (κ3) is 2.61. The number of likely N-dealkylation sites (N-methyl/N-ethyl adjacent to an activating group) is 1. The fourth-order valence-electron chi connectivity index (χ4n) is 2.26. The molecule has 2 rings (SSSR count). The minimum atomic E-state index is -0.150. The summed E-state index contributed by atoms with van der Waals surface area (Å²) in [5.74, 6) is -0.0485. The molecular weight excluding hydrogens is 230 g/mol. The van der Waals surface area contributed by atoms with Crippen LogP contribution in [0.5, 0.6) is 0 Å². The van der Waals surface area contributed by atoms with Crippen LogP contribution in [0.4, 0.5) is 0 Å². The number of carbonyl (C=O) groups is 1. The Morgan fingerprint density at radius 3 is 2.94 bits per heavy atom. The number of nitrogens with one attached hydrogen (secondary N) is 1. The number of nitrogens with zero attached hydrogens (tertiary/aromatic N) is 2. The van der Waals surface area contributed by atoms with Gasteiger partial charge in [-0.1, -0.05) is 0 Å². The first-order valence-electron chi connectivity index (χ1n) is 6.25. The molecule has 0 bridgehead atoms. The average molecular weight is 249 g/mol. The van der Waals surface area contributed by atoms with Gasteiger partial charge in [-0.15, -0.1) is 0 Å². The van der Waals surface area contributed by atoms with E-state index in [0.29, 0.717) is 18.2 Å². The summed E-state index contributed by atoms with van der Waals surface area (Å²) >= 11 is 0. The highest BCUT2D eigenvalue weighted by atomic mass is 16.2. The summed E-state index contributed by atoms with van der Waals surface area (Å²) in [6.07, 6.45) is 3.73. The third-order valence-corrected chi connectivity index (χ3v) is 3.47. The summed E-state index contributed by atoms with van der Waals surface area (Å²) in [6, 6.07) is 3.46. The summed E-state index contributed by atoms with van der Waals surface area (Å²) in [5.41, 5.74) is 0.331. The van der Waals surface area contributed by atoms with Crippen LogP contribution in [0.3, 0.4) is 0 Å². The lowest BCUT2D eigenvalue weighted by atomic mass is 10.0. The maximum absolute atomic E-state index is 12.3. The SMILES string of the molecule is CNC1CCCN(C(=O)c2ccn(C)c(=O)c2)C1. The Bertz CT molecular complexity index is 495. The summed E-state index contributed by atoms with van der Waals surface area (Å²) in [6.45, 7) is 1.48. The molecule has 1 aromatic heterocycles. The number of amides is 1. The van der Waals surface area contributed by atoms with Gasteiger partial charge in [-0.3, -0.25) is 9.59 Å². The average Bonchev–Trinajstić information content (AvgIpc) is 2.41. The standard InChI is InChI=1S/C13H19N3O2/c1-14-11-4-3-6-16(9-11)13(18)10-5-7-15(2)12(17)8-10/h5,7-8,11,14H,3-4,6,9H2,1-2H3. The molecule has 0 aliphatic carbocycles. The normalized spacial score (nSPS) is 19.9. The second-order valence-corrected chi connectivity index (χ2v) is 4.74. The molecule has 1 aliphatic heterocycles. The Morgan fingerprint density at radius 2 is 2.28 bits per heavy atom. The van der Waals surface area contributed by atoms with Crippen LogP contribution in [0.2, 0.25) is 0 Å². The number of pyridine rings is 1. The maximum atomic E-state index is 12.3. The van der Waals surface area contributed by atoms with E-state index in [1.54, 1.807) is 19.3 Å². The molecule has 1 N–H and O–H groups in total. The number of piperidine rings is 1. The molecule has 5 heteroatoms. The van der Waals surface area contributed by atoms with Crippen LogP contribution in [0.1, 0.15) is 23.2 Å². The van der Waals surface area contributed by atoms with E-state index in [9.17, 15) is 9.59 Å². The van der Waals surface area contributed by atoms with Gasteiger partial charge in [0.25, 0.3) is 11.5 Å². The van der Waals surface area contributed by atoms with E-state index in [0.717, 1.165) is 19.4 Å². The smallest absolute Gasteiger partial charge is 0.254 e. The Hall–Kier alpha value is -1.62. The van der Waals surface area contributed by atoms with Gasteiger partial charge < -0.3 is 14.8 Å². The third-order valence-electron chi connectivity index (χ3n) is 3.47. The van der Waals surface area contributed by atoms with Crippen molar-refractivity contribution in [2.75, 3.05) is 20.1 Å². The van der Waals surface area contributed by atoms with Gasteiger partial charge in [-0.2, -0.15) is 0 Å². The highest BCUT2D eigenvalue weighted by Gasteiger charge is 2.23. The number of aromatic nitrogens is 1. The molecule has 1 aliphatic rings. The van der Waals surface area contributed by atoms with Crippen molar-refractivity contribution >= 4 is 5.91 Å². The molecular formula is C13H19N3O2. The van der Waals surface area contributed by atoms with E-state index < -0.39 is 0 Å². The largest absolute Gasteiger partial charge is 0.337 e. The lowest BCUT2D eigenvalue weighted by molar-refractivity contribution is 0.0698. The molecule has 0 radical (unpaired) electrons. The molecule has 1 unspecified atom stereocenters. The molecule has 0 saturated carbocycles. The topological polar surface area (TPSA) is 54.3 Å². The zero-order chi connectivity index (χ0) is 13.1. The molecule has 18 heavy (non-hydrogen) atoms. The van der Waals surface area contributed by atoms with Crippen LogP contribution >= 0.6 is 0 Å². The monoisotopic (exact) mass is 249 g/mol. The van der Waals surface area contributed by atoms with Gasteiger partial charge >= 0.3 is 0 Å². The maximum Gasteiger partial charge on any atom is 0.254 e. The number of rotatable bonds is 2. The second kappa shape index (κ2) is 5.35. The number of aryl methyl sites for hydroxylation is 1. The van der Waals surface area contributed by atoms with Crippen LogP contribution in [-0.4, -0.2) is 41.6 Å². The second-order valence-electron chi connectivity index (χ2n) is 4.74. The van der Waals surface area contributed by atoms with Crippen molar-refractivity contribution in [1.82, 2.24) is 14.8 Å². The van der Waals surface area contributed by atoms with E-state index in [-0.39, 0.29) is 11.5 Å². The van der Waals surface area contributed by atoms with E-state index in [2.05, 4.69) is 5.32 Å². The summed E-state index contributed by atoms with van der Waals surface area (Å²) in [5, 5.41) is 3.20. The molecule has 1 amide bonds. The molecule has 1 saturated heterocycles. The quantitative estimate of drug-likeness (QED) is 0.815. The van der Waals surface area contributed by atoms with Crippen LogP contribution in [-0.2, 0) is 7.05 Å². The zero-order valence-electron chi connectivity index (χ0n) is 10.8. The minimum Gasteiger partial charge on any atom is -0.337 e. The number of hydrogen-bond donors (Lipinski definition) is 1. The lowest BCUT2D eigenvalue weighted by Crippen LogP contribution is -2.47. The Balaban J connectivity index is 2.15. The fraction of sp³-hybridized carbons (Fsp3) is 0.538. The van der Waals surface area contributed by atoms with E-state index in [1.807, 2.05) is 11.9 Å². The van der Waals surface area contributed by atoms with Gasteiger partial charge in [-0.25, -0.2) is 0 Å². The molecule has 2 heterocycles. The molecule has 1 fully saturated rings. The van der Waals surface area contributed by atoms with Crippen molar-refractivity contribution < 1.29 is 4.79 Å². The van der Waals surface area contributed by atoms with Crippen molar-refractivity contribution in [3.63, 3.8) is 0 Å². The van der Waals surface area contributed by atoms with Gasteiger partial charge in [-0.05, 0) is 26.0 Å². The van der Waals surface area contributed by atoms with Crippen molar-refractivity contribution in [2.45, 2.75) is 18.9 Å². The Labute approximate surface area is 106 Å². The van der Waals surface area contributed by atoms with Crippen molar-refractivity contribution in [3.05, 3.63) is 34.2 Å². The minimum absolute atomic E-state index is 0.0485. The van der Waals surface area contributed by atoms with Crippen molar-refractivity contribution in [2.24, 2.45) is 7.05 Å². The molecule has 0 aromatic carbocycles. The van der Waals surface area contributed by atoms with Crippen LogP contribution < -0.4 is 10.9 Å². The number of hydrogen-bond acceptors (Lipinski definition) is 3. The van der Waals surface area contributed by atoms with E-state index in [4.69, 9.17) is 0 Å². The van der Waals surface area contributed by atoms with Crippen molar-refractivity contribution in [3.8, 4) is 0 Å². The molecule has 1 aromatic rings. The molecule has 98 valence electrons. The van der Waals surface area contributed by atoms with Gasteiger partial charge in [0.2, 0.25) is 0 Å². The lowest BCUT2D eigenvalue weighted by Gasteiger charge is -2.32. The predicted molar refractivity (Wildman–Crippen MR) is 69.7 cm³/mol. The first kappa shape index (κ1) is 12.8. The first-order valence-corrected chi connectivity index (χ1v) is 6.25. The van der Waals surface area contributed by atoms with E-state index in [1.165, 1.54) is 10.6 Å². The van der Waals surface area contributed by atoms with Crippen molar-refractivity contribution in [1.29, 1.82) is 0 Å². The van der Waals surface area contributed by atoms with Gasteiger partial charge in [0.15, 0.2) is 0 Å². The Kier molecular flexibility index (Phi) is 3.81.